The number of halogens is 2. The molecule has 2 rings (SSSR count). The van der Waals surface area contributed by atoms with Crippen molar-refractivity contribution in [3.8, 4) is 0 Å². The van der Waals surface area contributed by atoms with Crippen LogP contribution in [-0.4, -0.2) is 4.98 Å². The Balaban J connectivity index is 2.05. The summed E-state index contributed by atoms with van der Waals surface area (Å²) >= 11 is 1.42. The third-order valence-electron chi connectivity index (χ3n) is 2.14. The largest absolute Gasteiger partial charge is 0.384 e. The van der Waals surface area contributed by atoms with Gasteiger partial charge >= 0.3 is 0 Å². The molecule has 0 aliphatic heterocycles. The third-order valence-corrected chi connectivity index (χ3v) is 3.21. The first-order valence-corrected chi connectivity index (χ1v) is 5.92. The maximum Gasteiger partial charge on any atom is 0.159 e. The van der Waals surface area contributed by atoms with E-state index in [0.29, 0.717) is 16.5 Å². The van der Waals surface area contributed by atoms with Crippen molar-refractivity contribution in [3.05, 3.63) is 53.7 Å². The summed E-state index contributed by atoms with van der Waals surface area (Å²) in [5.74, 6) is -0.572. The molecule has 88 valence electrons. The van der Waals surface area contributed by atoms with E-state index in [1.807, 2.05) is 6.07 Å². The molecular weight excluding hydrogens is 242 g/mol. The second-order valence-electron chi connectivity index (χ2n) is 3.45. The van der Waals surface area contributed by atoms with Crippen molar-refractivity contribution < 1.29 is 8.78 Å². The second kappa shape index (κ2) is 5.14. The van der Waals surface area contributed by atoms with Crippen molar-refractivity contribution in [3.63, 3.8) is 0 Å². The molecule has 0 saturated heterocycles. The summed E-state index contributed by atoms with van der Waals surface area (Å²) in [7, 11) is 0. The van der Waals surface area contributed by atoms with E-state index in [0.717, 1.165) is 11.6 Å². The molecule has 5 heteroatoms. The Hall–Kier alpha value is -1.62. The molecule has 2 aromatic rings. The van der Waals surface area contributed by atoms with Gasteiger partial charge in [-0.25, -0.2) is 13.8 Å². The molecule has 0 amide bonds. The van der Waals surface area contributed by atoms with Crippen molar-refractivity contribution in [2.24, 2.45) is 0 Å². The Morgan fingerprint density at radius 2 is 1.94 bits per heavy atom. The number of benzene rings is 1. The van der Waals surface area contributed by atoms with Gasteiger partial charge in [0.25, 0.3) is 0 Å². The van der Waals surface area contributed by atoms with Crippen molar-refractivity contribution in [2.45, 2.75) is 10.6 Å². The van der Waals surface area contributed by atoms with Gasteiger partial charge in [0, 0.05) is 16.8 Å². The zero-order chi connectivity index (χ0) is 12.3. The maximum atomic E-state index is 13.0. The molecule has 2 N–H and O–H groups in total. The number of rotatable bonds is 3. The van der Waals surface area contributed by atoms with Gasteiger partial charge in [-0.1, -0.05) is 0 Å². The summed E-state index contributed by atoms with van der Waals surface area (Å²) in [5, 5.41) is 0. The number of anilines is 1. The van der Waals surface area contributed by atoms with Crippen LogP contribution in [0.1, 0.15) is 5.56 Å². The van der Waals surface area contributed by atoms with Crippen LogP contribution in [0.5, 0.6) is 0 Å². The monoisotopic (exact) mass is 252 g/mol. The molecule has 0 unspecified atom stereocenters. The fourth-order valence-corrected chi connectivity index (χ4v) is 2.18. The molecular formula is C12H10F2N2S. The Morgan fingerprint density at radius 3 is 2.65 bits per heavy atom. The van der Waals surface area contributed by atoms with Crippen LogP contribution in [0.15, 0.2) is 41.4 Å². The van der Waals surface area contributed by atoms with Crippen molar-refractivity contribution in [2.75, 3.05) is 5.73 Å². The highest BCUT2D eigenvalue weighted by Gasteiger charge is 2.03. The van der Waals surface area contributed by atoms with Crippen LogP contribution in [0.4, 0.5) is 14.6 Å². The number of pyridine rings is 1. The SMILES string of the molecule is Nc1cc(CSc2ccc(F)c(F)c2)ccn1. The molecule has 0 spiro atoms. The normalized spacial score (nSPS) is 10.5. The van der Waals surface area contributed by atoms with E-state index in [-0.39, 0.29) is 0 Å². The summed E-state index contributed by atoms with van der Waals surface area (Å²) in [6, 6.07) is 7.45. The lowest BCUT2D eigenvalue weighted by Crippen LogP contribution is -1.91. The Labute approximate surface area is 102 Å². The number of hydrogen-bond donors (Lipinski definition) is 1. The number of aromatic nitrogens is 1. The van der Waals surface area contributed by atoms with E-state index in [1.165, 1.54) is 17.8 Å². The van der Waals surface area contributed by atoms with Gasteiger partial charge in [-0.3, -0.25) is 0 Å². The van der Waals surface area contributed by atoms with Crippen LogP contribution in [0.25, 0.3) is 0 Å². The Bertz CT molecular complexity index is 532. The number of nitrogens with zero attached hydrogens (tertiary/aromatic N) is 1. The second-order valence-corrected chi connectivity index (χ2v) is 4.50. The van der Waals surface area contributed by atoms with E-state index in [9.17, 15) is 8.78 Å². The van der Waals surface area contributed by atoms with Gasteiger partial charge in [0.05, 0.1) is 0 Å². The number of hydrogen-bond acceptors (Lipinski definition) is 3. The van der Waals surface area contributed by atoms with Crippen LogP contribution >= 0.6 is 11.8 Å². The van der Waals surface area contributed by atoms with Crippen LogP contribution < -0.4 is 5.73 Å². The lowest BCUT2D eigenvalue weighted by atomic mass is 10.3. The van der Waals surface area contributed by atoms with Crippen LogP contribution in [0, 0.1) is 11.6 Å². The third kappa shape index (κ3) is 3.17. The predicted octanol–water partition coefficient (Wildman–Crippen LogP) is 3.23. The van der Waals surface area contributed by atoms with Crippen molar-refractivity contribution >= 4 is 17.6 Å². The molecule has 0 radical (unpaired) electrons. The average molecular weight is 252 g/mol. The molecule has 0 atom stereocenters. The first-order chi connectivity index (χ1) is 8.15. The molecule has 0 saturated carbocycles. The fourth-order valence-electron chi connectivity index (χ4n) is 1.32. The molecule has 0 aliphatic carbocycles. The minimum atomic E-state index is -0.831. The zero-order valence-corrected chi connectivity index (χ0v) is 9.68. The summed E-state index contributed by atoms with van der Waals surface area (Å²) in [6.07, 6.45) is 1.62. The molecule has 0 fully saturated rings. The highest BCUT2D eigenvalue weighted by atomic mass is 32.2. The van der Waals surface area contributed by atoms with E-state index in [2.05, 4.69) is 4.98 Å². The zero-order valence-electron chi connectivity index (χ0n) is 8.86. The molecule has 17 heavy (non-hydrogen) atoms. The van der Waals surface area contributed by atoms with Crippen molar-refractivity contribution in [1.82, 2.24) is 4.98 Å². The highest BCUT2D eigenvalue weighted by molar-refractivity contribution is 7.98. The van der Waals surface area contributed by atoms with Gasteiger partial charge in [0.2, 0.25) is 0 Å². The fraction of sp³-hybridized carbons (Fsp3) is 0.0833. The number of nitrogen functional groups attached to an aromatic ring is 1. The van der Waals surface area contributed by atoms with Gasteiger partial charge in [0.1, 0.15) is 5.82 Å². The average Bonchev–Trinajstić information content (AvgIpc) is 2.31. The standard InChI is InChI=1S/C12H10F2N2S/c13-10-2-1-9(6-11(10)14)17-7-8-3-4-16-12(15)5-8/h1-6H,7H2,(H2,15,16). The number of nitrogens with two attached hydrogens (primary N) is 1. The molecule has 1 aromatic heterocycles. The van der Waals surface area contributed by atoms with Crippen LogP contribution in [0.3, 0.4) is 0 Å². The molecule has 0 bridgehead atoms. The molecule has 1 aromatic carbocycles. The number of thioether (sulfide) groups is 1. The lowest BCUT2D eigenvalue weighted by molar-refractivity contribution is 0.506. The van der Waals surface area contributed by atoms with Gasteiger partial charge < -0.3 is 5.73 Å². The van der Waals surface area contributed by atoms with E-state index >= 15 is 0 Å². The lowest BCUT2D eigenvalue weighted by Gasteiger charge is -2.03. The van der Waals surface area contributed by atoms with Crippen LogP contribution in [0.2, 0.25) is 0 Å². The minimum absolute atomic E-state index is 0.452. The predicted molar refractivity (Wildman–Crippen MR) is 64.6 cm³/mol. The van der Waals surface area contributed by atoms with Gasteiger partial charge in [0.15, 0.2) is 11.6 Å². The minimum Gasteiger partial charge on any atom is -0.384 e. The summed E-state index contributed by atoms with van der Waals surface area (Å²) < 4.78 is 25.7. The van der Waals surface area contributed by atoms with Crippen LogP contribution in [-0.2, 0) is 5.75 Å². The first-order valence-electron chi connectivity index (χ1n) is 4.93. The Morgan fingerprint density at radius 1 is 1.12 bits per heavy atom. The Kier molecular flexibility index (Phi) is 3.58. The first kappa shape index (κ1) is 11.9. The highest BCUT2D eigenvalue weighted by Crippen LogP contribution is 2.24. The maximum absolute atomic E-state index is 13.0. The molecule has 2 nitrogen and oxygen atoms in total. The quantitative estimate of drug-likeness (QED) is 0.852. The summed E-state index contributed by atoms with van der Waals surface area (Å²) in [5.41, 5.74) is 6.53. The smallest absolute Gasteiger partial charge is 0.159 e. The van der Waals surface area contributed by atoms with Gasteiger partial charge in [-0.15, -0.1) is 11.8 Å². The van der Waals surface area contributed by atoms with Gasteiger partial charge in [-0.2, -0.15) is 0 Å². The van der Waals surface area contributed by atoms with E-state index in [1.54, 1.807) is 18.3 Å². The molecule has 1 heterocycles. The van der Waals surface area contributed by atoms with E-state index < -0.39 is 11.6 Å². The van der Waals surface area contributed by atoms with Gasteiger partial charge in [-0.05, 0) is 35.9 Å². The summed E-state index contributed by atoms with van der Waals surface area (Å²) in [6.45, 7) is 0. The summed E-state index contributed by atoms with van der Waals surface area (Å²) in [4.78, 5) is 4.56. The van der Waals surface area contributed by atoms with Crippen molar-refractivity contribution in [1.29, 1.82) is 0 Å². The molecule has 0 aliphatic rings. The topological polar surface area (TPSA) is 38.9 Å². The van der Waals surface area contributed by atoms with E-state index in [4.69, 9.17) is 5.73 Å².